The molecular weight excluding hydrogens is 861 g/mol. The number of hydrogen-bond acceptors (Lipinski definition) is 14. The molecular formula is C53H90O14. The van der Waals surface area contributed by atoms with E-state index in [4.69, 9.17) is 28.4 Å². The van der Waals surface area contributed by atoms with E-state index in [-0.39, 0.29) is 19.6 Å². The van der Waals surface area contributed by atoms with Crippen LogP contribution < -0.4 is 0 Å². The molecule has 67 heavy (non-hydrogen) atoms. The Morgan fingerprint density at radius 2 is 0.970 bits per heavy atom. The first-order chi connectivity index (χ1) is 32.6. The Labute approximate surface area is 402 Å². The van der Waals surface area contributed by atoms with Crippen LogP contribution in [0.4, 0.5) is 0 Å². The van der Waals surface area contributed by atoms with Crippen molar-refractivity contribution in [1.29, 1.82) is 0 Å². The molecule has 2 rings (SSSR count). The standard InChI is InChI=1S/C53H90O14/c1-3-5-7-9-11-13-15-17-19-21-22-24-26-28-30-32-34-36-45(55)65-42(39-62-37-35-33-31-29-27-25-23-20-18-16-14-12-10-8-6-4-2)40-63-52-51(61)49(59)47(57)44(67-52)41-64-53-50(60)48(58)46(56)43(38-54)66-53/h6,8,11-14,17-20,25,27,42-44,46-54,56-61H,3-5,7,9-10,15-16,21-24,26,28-41H2,1-2H3/b8-6-,13-11-,14-12-,19-17-,20-18-,27-25-. The van der Waals surface area contributed by atoms with Gasteiger partial charge >= 0.3 is 5.97 Å². The lowest BCUT2D eigenvalue weighted by atomic mass is 9.98. The lowest BCUT2D eigenvalue weighted by molar-refractivity contribution is -0.332. The highest BCUT2D eigenvalue weighted by Crippen LogP contribution is 2.26. The van der Waals surface area contributed by atoms with Gasteiger partial charge in [0.25, 0.3) is 0 Å². The number of unbranched alkanes of at least 4 members (excludes halogenated alkanes) is 13. The van der Waals surface area contributed by atoms with E-state index in [1.807, 2.05) is 0 Å². The fourth-order valence-electron chi connectivity index (χ4n) is 7.54. The van der Waals surface area contributed by atoms with Crippen molar-refractivity contribution in [2.45, 2.75) is 223 Å². The zero-order valence-electron chi connectivity index (χ0n) is 40.9. The monoisotopic (exact) mass is 951 g/mol. The summed E-state index contributed by atoms with van der Waals surface area (Å²) in [6.45, 7) is 3.44. The molecule has 0 saturated carbocycles. The first-order valence-electron chi connectivity index (χ1n) is 25.5. The van der Waals surface area contributed by atoms with E-state index in [9.17, 15) is 40.5 Å². The van der Waals surface area contributed by atoms with Gasteiger partial charge in [-0.25, -0.2) is 0 Å². The van der Waals surface area contributed by atoms with E-state index in [2.05, 4.69) is 86.8 Å². The molecule has 0 aromatic carbocycles. The predicted octanol–water partition coefficient (Wildman–Crippen LogP) is 7.51. The van der Waals surface area contributed by atoms with Crippen LogP contribution in [0, 0.1) is 0 Å². The second-order valence-corrected chi connectivity index (χ2v) is 17.6. The summed E-state index contributed by atoms with van der Waals surface area (Å²) in [6, 6.07) is 0. The summed E-state index contributed by atoms with van der Waals surface area (Å²) in [5.41, 5.74) is 0. The molecule has 0 aliphatic carbocycles. The molecule has 14 nitrogen and oxygen atoms in total. The molecule has 2 aliphatic rings. The molecule has 14 heteroatoms. The quantitative estimate of drug-likeness (QED) is 0.0181. The van der Waals surface area contributed by atoms with Crippen LogP contribution in [0.3, 0.4) is 0 Å². The third-order valence-corrected chi connectivity index (χ3v) is 11.7. The van der Waals surface area contributed by atoms with Gasteiger partial charge in [-0.15, -0.1) is 0 Å². The van der Waals surface area contributed by atoms with E-state index in [0.29, 0.717) is 13.0 Å². The molecule has 0 aromatic heterocycles. The van der Waals surface area contributed by atoms with Gasteiger partial charge < -0.3 is 64.2 Å². The molecule has 0 bridgehead atoms. The van der Waals surface area contributed by atoms with Crippen LogP contribution >= 0.6 is 0 Å². The van der Waals surface area contributed by atoms with Crippen molar-refractivity contribution in [3.63, 3.8) is 0 Å². The van der Waals surface area contributed by atoms with Gasteiger partial charge in [0.1, 0.15) is 54.9 Å². The van der Waals surface area contributed by atoms with E-state index >= 15 is 0 Å². The van der Waals surface area contributed by atoms with Crippen molar-refractivity contribution < 1.29 is 69.0 Å². The van der Waals surface area contributed by atoms with E-state index in [1.165, 1.54) is 44.9 Å². The molecule has 0 radical (unpaired) electrons. The van der Waals surface area contributed by atoms with Crippen LogP contribution in [-0.4, -0.2) is 142 Å². The predicted molar refractivity (Wildman–Crippen MR) is 261 cm³/mol. The summed E-state index contributed by atoms with van der Waals surface area (Å²) >= 11 is 0. The summed E-state index contributed by atoms with van der Waals surface area (Å²) in [5.74, 6) is -0.399. The van der Waals surface area contributed by atoms with Crippen LogP contribution in [0.25, 0.3) is 0 Å². The number of allylic oxidation sites excluding steroid dienone is 12. The van der Waals surface area contributed by atoms with E-state index in [1.54, 1.807) is 0 Å². The number of aliphatic hydroxyl groups excluding tert-OH is 7. The first-order valence-corrected chi connectivity index (χ1v) is 25.5. The third-order valence-electron chi connectivity index (χ3n) is 11.7. The van der Waals surface area contributed by atoms with Gasteiger partial charge in [0, 0.05) is 13.0 Å². The van der Waals surface area contributed by atoms with Gasteiger partial charge in [-0.2, -0.15) is 0 Å². The van der Waals surface area contributed by atoms with Crippen molar-refractivity contribution in [2.24, 2.45) is 0 Å². The molecule has 386 valence electrons. The number of rotatable bonds is 39. The van der Waals surface area contributed by atoms with Crippen molar-refractivity contribution >= 4 is 5.97 Å². The topological polar surface area (TPSA) is 214 Å². The van der Waals surface area contributed by atoms with Gasteiger partial charge in [0.05, 0.1) is 26.4 Å². The fraction of sp³-hybridized carbons (Fsp3) is 0.755. The van der Waals surface area contributed by atoms with Crippen LogP contribution in [0.15, 0.2) is 72.9 Å². The maximum atomic E-state index is 13.0. The molecule has 2 aliphatic heterocycles. The molecule has 7 N–H and O–H groups in total. The second-order valence-electron chi connectivity index (χ2n) is 17.6. The van der Waals surface area contributed by atoms with Crippen LogP contribution in [0.5, 0.6) is 0 Å². The number of ether oxygens (including phenoxy) is 6. The minimum absolute atomic E-state index is 0.0329. The van der Waals surface area contributed by atoms with Crippen molar-refractivity contribution in [1.82, 2.24) is 0 Å². The third kappa shape index (κ3) is 28.0. The first kappa shape index (κ1) is 60.6. The molecule has 2 saturated heterocycles. The van der Waals surface area contributed by atoms with Gasteiger partial charge in [-0.1, -0.05) is 138 Å². The van der Waals surface area contributed by atoms with E-state index in [0.717, 1.165) is 83.5 Å². The maximum Gasteiger partial charge on any atom is 0.306 e. The average molecular weight is 951 g/mol. The maximum absolute atomic E-state index is 13.0. The minimum atomic E-state index is -1.72. The second kappa shape index (κ2) is 40.2. The smallest absolute Gasteiger partial charge is 0.306 e. The van der Waals surface area contributed by atoms with Crippen molar-refractivity contribution in [3.05, 3.63) is 72.9 Å². The lowest BCUT2D eigenvalue weighted by Gasteiger charge is -2.42. The average Bonchev–Trinajstić information content (AvgIpc) is 3.32. The Hall–Kier alpha value is -2.57. The number of carbonyl (C=O) groups is 1. The Morgan fingerprint density at radius 1 is 0.507 bits per heavy atom. The van der Waals surface area contributed by atoms with Crippen LogP contribution in [0.2, 0.25) is 0 Å². The largest absolute Gasteiger partial charge is 0.457 e. The summed E-state index contributed by atoms with van der Waals surface area (Å²) in [7, 11) is 0. The Morgan fingerprint density at radius 3 is 1.52 bits per heavy atom. The highest BCUT2D eigenvalue weighted by Gasteiger charge is 2.47. The minimum Gasteiger partial charge on any atom is -0.457 e. The van der Waals surface area contributed by atoms with Gasteiger partial charge in [-0.3, -0.25) is 4.79 Å². The van der Waals surface area contributed by atoms with Crippen LogP contribution in [0.1, 0.15) is 155 Å². The SMILES string of the molecule is CC/C=C\C/C=C\C/C=C\C/C=C\CCCCCOCC(COC1OC(COC2OC(CO)C(O)C(O)C2O)C(O)C(O)C1O)OC(=O)CCCCCCCCC/C=C\C/C=C\CCCCC. The van der Waals surface area contributed by atoms with Gasteiger partial charge in [0.15, 0.2) is 12.6 Å². The zero-order valence-corrected chi connectivity index (χ0v) is 40.9. The number of aliphatic hydroxyl groups is 7. The summed E-state index contributed by atoms with van der Waals surface area (Å²) < 4.78 is 34.2. The lowest BCUT2D eigenvalue weighted by Crippen LogP contribution is -2.61. The number of hydrogen-bond donors (Lipinski definition) is 7. The molecule has 0 aromatic rings. The van der Waals surface area contributed by atoms with Gasteiger partial charge in [-0.05, 0) is 83.5 Å². The molecule has 2 fully saturated rings. The summed E-state index contributed by atoms with van der Waals surface area (Å²) in [4.78, 5) is 13.0. The van der Waals surface area contributed by atoms with Gasteiger partial charge in [0.2, 0.25) is 0 Å². The van der Waals surface area contributed by atoms with Crippen molar-refractivity contribution in [2.75, 3.05) is 33.0 Å². The Bertz CT molecular complexity index is 1380. The van der Waals surface area contributed by atoms with Crippen LogP contribution in [-0.2, 0) is 33.2 Å². The van der Waals surface area contributed by atoms with Crippen molar-refractivity contribution in [3.8, 4) is 0 Å². The number of esters is 1. The van der Waals surface area contributed by atoms with E-state index < -0.39 is 86.7 Å². The Kier molecular flexibility index (Phi) is 36.3. The molecule has 2 heterocycles. The summed E-state index contributed by atoms with van der Waals surface area (Å²) in [6.07, 6.45) is 32.5. The Balaban J connectivity index is 1.80. The highest BCUT2D eigenvalue weighted by atomic mass is 16.7. The fourth-order valence-corrected chi connectivity index (χ4v) is 7.54. The highest BCUT2D eigenvalue weighted by molar-refractivity contribution is 5.69. The molecule has 11 unspecified atom stereocenters. The normalized spacial score (nSPS) is 26.7. The molecule has 11 atom stereocenters. The zero-order chi connectivity index (χ0) is 48.7. The number of carbonyl (C=O) groups excluding carboxylic acids is 1. The molecule has 0 amide bonds. The summed E-state index contributed by atoms with van der Waals surface area (Å²) in [5, 5.41) is 72.1. The molecule has 0 spiro atoms.